The quantitative estimate of drug-likeness (QED) is 0.252. The van der Waals surface area contributed by atoms with E-state index in [-0.39, 0.29) is 28.3 Å². The Bertz CT molecular complexity index is 1790. The summed E-state index contributed by atoms with van der Waals surface area (Å²) >= 11 is 0. The van der Waals surface area contributed by atoms with Gasteiger partial charge in [0.25, 0.3) is 5.91 Å². The molecule has 0 fully saturated rings. The van der Waals surface area contributed by atoms with Crippen molar-refractivity contribution in [1.29, 1.82) is 0 Å². The van der Waals surface area contributed by atoms with Crippen LogP contribution in [0.1, 0.15) is 37.0 Å². The highest BCUT2D eigenvalue weighted by molar-refractivity contribution is 5.92. The number of pyridine rings is 2. The summed E-state index contributed by atoms with van der Waals surface area (Å²) in [7, 11) is 1.49. The number of benzene rings is 2. The molecule has 0 bridgehead atoms. The Kier molecular flexibility index (Phi) is 7.10. The predicted octanol–water partition coefficient (Wildman–Crippen LogP) is 5.56. The molecule has 10 nitrogen and oxygen atoms in total. The molecule has 41 heavy (non-hydrogen) atoms. The van der Waals surface area contributed by atoms with Crippen LogP contribution in [0.25, 0.3) is 27.8 Å². The number of nitrogens with zero attached hydrogens (tertiary/aromatic N) is 4. The van der Waals surface area contributed by atoms with E-state index >= 15 is 4.39 Å². The molecule has 5 aromatic rings. The van der Waals surface area contributed by atoms with Crippen LogP contribution in [0.3, 0.4) is 0 Å². The Labute approximate surface area is 235 Å². The molecule has 3 heterocycles. The van der Waals surface area contributed by atoms with E-state index in [1.165, 1.54) is 25.4 Å². The summed E-state index contributed by atoms with van der Waals surface area (Å²) in [5, 5.41) is 10.7. The van der Waals surface area contributed by atoms with Crippen molar-refractivity contribution in [1.82, 2.24) is 25.1 Å². The number of amides is 3. The first-order valence-corrected chi connectivity index (χ1v) is 12.8. The van der Waals surface area contributed by atoms with E-state index in [0.717, 1.165) is 28.4 Å². The summed E-state index contributed by atoms with van der Waals surface area (Å²) in [6.45, 7) is 6.10. The van der Waals surface area contributed by atoms with Crippen LogP contribution in [-0.4, -0.2) is 38.7 Å². The van der Waals surface area contributed by atoms with Gasteiger partial charge in [-0.05, 0) is 42.5 Å². The molecular weight excluding hydrogens is 525 g/mol. The molecule has 3 amide bonds. The molecular formula is C30H28FN7O3. The number of anilines is 1. The summed E-state index contributed by atoms with van der Waals surface area (Å²) in [5.41, 5.74) is 8.30. The normalized spacial score (nSPS) is 11.3. The Morgan fingerprint density at radius 2 is 1.80 bits per heavy atom. The Morgan fingerprint density at radius 1 is 1.00 bits per heavy atom. The van der Waals surface area contributed by atoms with Crippen LogP contribution in [0.5, 0.6) is 11.5 Å². The second kappa shape index (κ2) is 10.7. The zero-order valence-electron chi connectivity index (χ0n) is 22.9. The number of urea groups is 1. The van der Waals surface area contributed by atoms with Crippen LogP contribution in [-0.2, 0) is 5.41 Å². The van der Waals surface area contributed by atoms with Crippen molar-refractivity contribution < 1.29 is 18.7 Å². The van der Waals surface area contributed by atoms with Gasteiger partial charge in [0.05, 0.1) is 28.3 Å². The van der Waals surface area contributed by atoms with Gasteiger partial charge < -0.3 is 21.1 Å². The van der Waals surface area contributed by atoms with E-state index in [1.807, 2.05) is 57.2 Å². The second-order valence-electron chi connectivity index (χ2n) is 10.3. The highest BCUT2D eigenvalue weighted by Crippen LogP contribution is 2.40. The lowest BCUT2D eigenvalue weighted by atomic mass is 9.92. The SMILES string of the molecule is CNC(=O)c1cc(Oc2cc(F)c(NC(N)=O)cc2-c2cc(C(C)(C)C)nn2-c2ccc3ncccc3c2)ccn1. The second-order valence-corrected chi connectivity index (χ2v) is 10.3. The van der Waals surface area contributed by atoms with E-state index in [1.54, 1.807) is 16.9 Å². The fraction of sp³-hybridized carbons (Fsp3) is 0.167. The Hall–Kier alpha value is -5.32. The first-order chi connectivity index (χ1) is 19.5. The van der Waals surface area contributed by atoms with Crippen LogP contribution >= 0.6 is 0 Å². The fourth-order valence-corrected chi connectivity index (χ4v) is 4.25. The number of carbonyl (C=O) groups excluding carboxylic acids is 2. The minimum atomic E-state index is -0.918. The van der Waals surface area contributed by atoms with Crippen LogP contribution in [0, 0.1) is 5.82 Å². The number of rotatable bonds is 6. The number of ether oxygens (including phenoxy) is 1. The number of nitrogens with two attached hydrogens (primary N) is 1. The minimum Gasteiger partial charge on any atom is -0.456 e. The number of fused-ring (bicyclic) bond motifs is 1. The maximum Gasteiger partial charge on any atom is 0.316 e. The molecule has 0 saturated carbocycles. The highest BCUT2D eigenvalue weighted by Gasteiger charge is 2.25. The molecule has 0 aliphatic heterocycles. The van der Waals surface area contributed by atoms with E-state index in [2.05, 4.69) is 20.6 Å². The number of aromatic nitrogens is 4. The first kappa shape index (κ1) is 27.3. The standard InChI is InChI=1S/C30H28FN7O3/c1-30(2,3)27-16-25(38(37-27)18-7-8-22-17(12-18)6-5-10-34-22)20-14-23(36-29(32)40)21(31)15-26(20)41-19-9-11-35-24(13-19)28(39)33-4/h5-16H,1-4H3,(H,33,39)(H3,32,36,40). The molecule has 11 heteroatoms. The molecule has 0 aliphatic carbocycles. The summed E-state index contributed by atoms with van der Waals surface area (Å²) < 4.78 is 23.1. The molecule has 0 radical (unpaired) electrons. The molecule has 0 aliphatic rings. The van der Waals surface area contributed by atoms with E-state index < -0.39 is 17.8 Å². The van der Waals surface area contributed by atoms with Gasteiger partial charge in [-0.1, -0.05) is 26.8 Å². The van der Waals surface area contributed by atoms with Crippen molar-refractivity contribution >= 4 is 28.5 Å². The van der Waals surface area contributed by atoms with Gasteiger partial charge in [-0.15, -0.1) is 0 Å². The van der Waals surface area contributed by atoms with Crippen LogP contribution in [0.2, 0.25) is 0 Å². The van der Waals surface area contributed by atoms with Crippen molar-refractivity contribution in [2.24, 2.45) is 5.73 Å². The summed E-state index contributed by atoms with van der Waals surface area (Å²) in [6.07, 6.45) is 3.15. The predicted molar refractivity (Wildman–Crippen MR) is 154 cm³/mol. The number of primary amides is 1. The van der Waals surface area contributed by atoms with Crippen molar-refractivity contribution in [2.45, 2.75) is 26.2 Å². The third-order valence-electron chi connectivity index (χ3n) is 6.33. The minimum absolute atomic E-state index is 0.121. The lowest BCUT2D eigenvalue weighted by molar-refractivity contribution is 0.0957. The van der Waals surface area contributed by atoms with Gasteiger partial charge in [-0.3, -0.25) is 14.8 Å². The number of nitrogens with one attached hydrogen (secondary N) is 2. The molecule has 0 saturated heterocycles. The molecule has 2 aromatic carbocycles. The van der Waals surface area contributed by atoms with Crippen molar-refractivity contribution in [2.75, 3.05) is 12.4 Å². The molecule has 0 unspecified atom stereocenters. The third-order valence-corrected chi connectivity index (χ3v) is 6.33. The molecule has 5 rings (SSSR count). The van der Waals surface area contributed by atoms with Crippen LogP contribution in [0.15, 0.2) is 73.1 Å². The maximum absolute atomic E-state index is 15.2. The zero-order chi connectivity index (χ0) is 29.3. The van der Waals surface area contributed by atoms with Gasteiger partial charge in [0, 0.05) is 47.9 Å². The Balaban J connectivity index is 1.73. The largest absolute Gasteiger partial charge is 0.456 e. The van der Waals surface area contributed by atoms with Gasteiger partial charge in [0.15, 0.2) is 5.82 Å². The fourth-order valence-electron chi connectivity index (χ4n) is 4.25. The smallest absolute Gasteiger partial charge is 0.316 e. The van der Waals surface area contributed by atoms with Gasteiger partial charge in [0.2, 0.25) is 0 Å². The summed E-state index contributed by atoms with van der Waals surface area (Å²) in [4.78, 5) is 32.3. The van der Waals surface area contributed by atoms with Gasteiger partial charge in [-0.2, -0.15) is 5.10 Å². The topological polar surface area (TPSA) is 137 Å². The molecule has 0 atom stereocenters. The third kappa shape index (κ3) is 5.69. The first-order valence-electron chi connectivity index (χ1n) is 12.8. The monoisotopic (exact) mass is 553 g/mol. The number of halogens is 1. The van der Waals surface area contributed by atoms with Crippen LogP contribution in [0.4, 0.5) is 14.9 Å². The Morgan fingerprint density at radius 3 is 2.54 bits per heavy atom. The maximum atomic E-state index is 15.2. The van der Waals surface area contributed by atoms with E-state index in [4.69, 9.17) is 15.6 Å². The van der Waals surface area contributed by atoms with E-state index in [0.29, 0.717) is 11.3 Å². The van der Waals surface area contributed by atoms with Crippen molar-refractivity contribution in [3.8, 4) is 28.4 Å². The lowest BCUT2D eigenvalue weighted by Gasteiger charge is -2.16. The highest BCUT2D eigenvalue weighted by atomic mass is 19.1. The van der Waals surface area contributed by atoms with Crippen molar-refractivity contribution in [3.05, 3.63) is 90.3 Å². The van der Waals surface area contributed by atoms with Crippen LogP contribution < -0.4 is 21.1 Å². The lowest BCUT2D eigenvalue weighted by Crippen LogP contribution is -2.20. The number of carbonyl (C=O) groups is 2. The summed E-state index contributed by atoms with van der Waals surface area (Å²) in [5.74, 6) is -0.784. The number of hydrogen-bond donors (Lipinski definition) is 3. The van der Waals surface area contributed by atoms with Gasteiger partial charge in [0.1, 0.15) is 17.2 Å². The molecule has 3 aromatic heterocycles. The van der Waals surface area contributed by atoms with Gasteiger partial charge >= 0.3 is 6.03 Å². The molecule has 4 N–H and O–H groups in total. The molecule has 0 spiro atoms. The molecule has 208 valence electrons. The van der Waals surface area contributed by atoms with E-state index in [9.17, 15) is 9.59 Å². The summed E-state index contributed by atoms with van der Waals surface area (Å²) in [6, 6.07) is 16.1. The average Bonchev–Trinajstić information content (AvgIpc) is 3.40. The van der Waals surface area contributed by atoms with Gasteiger partial charge in [-0.25, -0.2) is 13.9 Å². The van der Waals surface area contributed by atoms with Crippen molar-refractivity contribution in [3.63, 3.8) is 0 Å². The average molecular weight is 554 g/mol. The zero-order valence-corrected chi connectivity index (χ0v) is 22.9. The number of hydrogen-bond acceptors (Lipinski definition) is 6.